The Bertz CT molecular complexity index is 855. The third-order valence-corrected chi connectivity index (χ3v) is 4.74. The molecule has 26 heavy (non-hydrogen) atoms. The minimum Gasteiger partial charge on any atom is -0.349 e. The van der Waals surface area contributed by atoms with Crippen molar-refractivity contribution in [2.24, 2.45) is 0 Å². The van der Waals surface area contributed by atoms with Crippen LogP contribution in [0.25, 0.3) is 0 Å². The molecule has 0 aliphatic rings. The van der Waals surface area contributed by atoms with Crippen molar-refractivity contribution in [3.8, 4) is 0 Å². The minimum atomic E-state index is 0.0350. The lowest BCUT2D eigenvalue weighted by molar-refractivity contribution is -0.121. The van der Waals surface area contributed by atoms with Crippen molar-refractivity contribution >= 4 is 5.91 Å². The molecule has 4 heteroatoms. The Morgan fingerprint density at radius 3 is 2.58 bits per heavy atom. The number of aryl methyl sites for hydroxylation is 2. The Kier molecular flexibility index (Phi) is 5.84. The zero-order valence-corrected chi connectivity index (χ0v) is 15.4. The second kappa shape index (κ2) is 8.48. The molecule has 3 aromatic rings. The van der Waals surface area contributed by atoms with E-state index in [1.165, 1.54) is 11.1 Å². The number of nitrogens with zero attached hydrogens (tertiary/aromatic N) is 2. The maximum atomic E-state index is 12.7. The molecular weight excluding hydrogens is 322 g/mol. The summed E-state index contributed by atoms with van der Waals surface area (Å²) in [4.78, 5) is 17.0. The molecule has 0 bridgehead atoms. The lowest BCUT2D eigenvalue weighted by Crippen LogP contribution is -2.26. The molecule has 0 spiro atoms. The maximum Gasteiger partial charge on any atom is 0.221 e. The van der Waals surface area contributed by atoms with E-state index in [0.29, 0.717) is 13.0 Å². The summed E-state index contributed by atoms with van der Waals surface area (Å²) in [5, 5.41) is 3.03. The molecule has 1 heterocycles. The van der Waals surface area contributed by atoms with Crippen LogP contribution in [0.2, 0.25) is 0 Å². The monoisotopic (exact) mass is 347 g/mol. The molecule has 1 atom stereocenters. The minimum absolute atomic E-state index is 0.0350. The van der Waals surface area contributed by atoms with Gasteiger partial charge in [-0.2, -0.15) is 0 Å². The first-order valence-electron chi connectivity index (χ1n) is 9.06. The zero-order valence-electron chi connectivity index (χ0n) is 15.4. The fraction of sp³-hybridized carbons (Fsp3) is 0.273. The molecule has 1 aromatic heterocycles. The van der Waals surface area contributed by atoms with Crippen molar-refractivity contribution in [1.82, 2.24) is 14.9 Å². The fourth-order valence-corrected chi connectivity index (χ4v) is 3.30. The van der Waals surface area contributed by atoms with E-state index < -0.39 is 0 Å². The van der Waals surface area contributed by atoms with E-state index in [1.54, 1.807) is 6.20 Å². The van der Waals surface area contributed by atoms with E-state index in [9.17, 15) is 4.79 Å². The lowest BCUT2D eigenvalue weighted by Gasteiger charge is -2.20. The number of amides is 1. The van der Waals surface area contributed by atoms with Crippen LogP contribution in [0.1, 0.15) is 41.8 Å². The van der Waals surface area contributed by atoms with E-state index in [4.69, 9.17) is 0 Å². The van der Waals surface area contributed by atoms with E-state index in [-0.39, 0.29) is 11.8 Å². The van der Waals surface area contributed by atoms with Crippen molar-refractivity contribution in [1.29, 1.82) is 0 Å². The van der Waals surface area contributed by atoms with Crippen LogP contribution in [0.3, 0.4) is 0 Å². The number of nitrogens with one attached hydrogen (secondary N) is 1. The molecular formula is C22H25N3O. The summed E-state index contributed by atoms with van der Waals surface area (Å²) >= 11 is 0. The van der Waals surface area contributed by atoms with Gasteiger partial charge >= 0.3 is 0 Å². The molecule has 2 aromatic carbocycles. The van der Waals surface area contributed by atoms with Crippen molar-refractivity contribution in [3.63, 3.8) is 0 Å². The third-order valence-electron chi connectivity index (χ3n) is 4.74. The summed E-state index contributed by atoms with van der Waals surface area (Å²) in [7, 11) is 0. The lowest BCUT2D eigenvalue weighted by atomic mass is 9.86. The van der Waals surface area contributed by atoms with Gasteiger partial charge in [0, 0.05) is 31.3 Å². The molecule has 1 N–H and O–H groups in total. The largest absolute Gasteiger partial charge is 0.349 e. The number of hydrogen-bond acceptors (Lipinski definition) is 2. The molecule has 4 nitrogen and oxygen atoms in total. The maximum absolute atomic E-state index is 12.7. The highest BCUT2D eigenvalue weighted by molar-refractivity contribution is 5.77. The van der Waals surface area contributed by atoms with Crippen LogP contribution in [0.15, 0.2) is 67.0 Å². The predicted octanol–water partition coefficient (Wildman–Crippen LogP) is 4.05. The van der Waals surface area contributed by atoms with Crippen LogP contribution in [0.4, 0.5) is 0 Å². The van der Waals surface area contributed by atoms with Gasteiger partial charge in [0.2, 0.25) is 5.91 Å². The number of benzene rings is 2. The van der Waals surface area contributed by atoms with E-state index in [2.05, 4.69) is 48.4 Å². The van der Waals surface area contributed by atoms with Gasteiger partial charge in [-0.05, 0) is 30.5 Å². The Hall–Kier alpha value is -2.88. The van der Waals surface area contributed by atoms with Gasteiger partial charge in [-0.15, -0.1) is 0 Å². The summed E-state index contributed by atoms with van der Waals surface area (Å²) < 4.78 is 2.04. The van der Waals surface area contributed by atoms with Gasteiger partial charge in [0.15, 0.2) is 0 Å². The Labute approximate surface area is 154 Å². The third kappa shape index (κ3) is 4.20. The van der Waals surface area contributed by atoms with Gasteiger partial charge in [-0.25, -0.2) is 4.98 Å². The Balaban J connectivity index is 1.76. The Morgan fingerprint density at radius 1 is 1.12 bits per heavy atom. The van der Waals surface area contributed by atoms with Gasteiger partial charge in [0.1, 0.15) is 5.82 Å². The van der Waals surface area contributed by atoms with Crippen LogP contribution >= 0.6 is 0 Å². The predicted molar refractivity (Wildman–Crippen MR) is 104 cm³/mol. The standard InChI is InChI=1S/C22H25N3O/c1-3-25-14-13-23-21(25)16-24-22(26)15-20(18-10-5-4-6-11-18)19-12-8-7-9-17(19)2/h4-14,20H,3,15-16H2,1-2H3,(H,24,26)/t20-/m1/s1. The van der Waals surface area contributed by atoms with Gasteiger partial charge < -0.3 is 9.88 Å². The SMILES string of the molecule is CCn1ccnc1CNC(=O)C[C@H](c1ccccc1)c1ccccc1C. The molecule has 3 rings (SSSR count). The highest BCUT2D eigenvalue weighted by Gasteiger charge is 2.19. The van der Waals surface area contributed by atoms with Crippen molar-refractivity contribution in [2.45, 2.75) is 39.3 Å². The molecule has 0 aliphatic carbocycles. The first kappa shape index (κ1) is 17.9. The molecule has 0 saturated carbocycles. The second-order valence-corrected chi connectivity index (χ2v) is 6.43. The summed E-state index contributed by atoms with van der Waals surface area (Å²) in [6, 6.07) is 18.5. The summed E-state index contributed by atoms with van der Waals surface area (Å²) in [5.74, 6) is 0.962. The van der Waals surface area contributed by atoms with E-state index >= 15 is 0 Å². The average Bonchev–Trinajstić information content (AvgIpc) is 3.13. The average molecular weight is 347 g/mol. The summed E-state index contributed by atoms with van der Waals surface area (Å²) in [6.45, 7) is 5.47. The van der Waals surface area contributed by atoms with Crippen molar-refractivity contribution in [3.05, 3.63) is 89.5 Å². The van der Waals surface area contributed by atoms with Crippen molar-refractivity contribution < 1.29 is 4.79 Å². The number of aromatic nitrogens is 2. The molecule has 134 valence electrons. The van der Waals surface area contributed by atoms with Gasteiger partial charge in [0.05, 0.1) is 6.54 Å². The molecule has 0 aliphatic heterocycles. The molecule has 0 radical (unpaired) electrons. The summed E-state index contributed by atoms with van der Waals surface area (Å²) in [6.07, 6.45) is 4.12. The summed E-state index contributed by atoms with van der Waals surface area (Å²) in [5.41, 5.74) is 3.56. The quantitative estimate of drug-likeness (QED) is 0.701. The Morgan fingerprint density at radius 2 is 1.85 bits per heavy atom. The number of imidazole rings is 1. The fourth-order valence-electron chi connectivity index (χ4n) is 3.30. The van der Waals surface area contributed by atoms with Gasteiger partial charge in [-0.1, -0.05) is 54.6 Å². The number of hydrogen-bond donors (Lipinski definition) is 1. The molecule has 0 fully saturated rings. The van der Waals surface area contributed by atoms with Crippen LogP contribution in [0.5, 0.6) is 0 Å². The highest BCUT2D eigenvalue weighted by atomic mass is 16.1. The highest BCUT2D eigenvalue weighted by Crippen LogP contribution is 2.30. The first-order valence-corrected chi connectivity index (χ1v) is 9.06. The number of carbonyl (C=O) groups excluding carboxylic acids is 1. The van der Waals surface area contributed by atoms with E-state index in [1.807, 2.05) is 41.1 Å². The molecule has 0 unspecified atom stereocenters. The first-order chi connectivity index (χ1) is 12.7. The van der Waals surface area contributed by atoms with Gasteiger partial charge in [0.25, 0.3) is 0 Å². The smallest absolute Gasteiger partial charge is 0.221 e. The van der Waals surface area contributed by atoms with Crippen LogP contribution in [-0.4, -0.2) is 15.5 Å². The van der Waals surface area contributed by atoms with Crippen LogP contribution in [-0.2, 0) is 17.9 Å². The zero-order chi connectivity index (χ0) is 18.4. The van der Waals surface area contributed by atoms with Crippen LogP contribution in [0, 0.1) is 6.92 Å². The normalized spacial score (nSPS) is 11.9. The van der Waals surface area contributed by atoms with Gasteiger partial charge in [-0.3, -0.25) is 4.79 Å². The van der Waals surface area contributed by atoms with Crippen molar-refractivity contribution in [2.75, 3.05) is 0 Å². The number of rotatable bonds is 7. The van der Waals surface area contributed by atoms with Crippen LogP contribution < -0.4 is 5.32 Å². The number of carbonyl (C=O) groups is 1. The molecule has 0 saturated heterocycles. The second-order valence-electron chi connectivity index (χ2n) is 6.43. The van der Waals surface area contributed by atoms with E-state index in [0.717, 1.165) is 17.9 Å². The molecule has 1 amide bonds. The topological polar surface area (TPSA) is 46.9 Å².